The summed E-state index contributed by atoms with van der Waals surface area (Å²) in [5, 5.41) is 0. The highest BCUT2D eigenvalue weighted by Gasteiger charge is 2.24. The van der Waals surface area contributed by atoms with Gasteiger partial charge in [0.25, 0.3) is 0 Å². The van der Waals surface area contributed by atoms with Crippen LogP contribution in [0.15, 0.2) is 23.1 Å². The van der Waals surface area contributed by atoms with Gasteiger partial charge < -0.3 is 10.6 Å². The van der Waals surface area contributed by atoms with Crippen LogP contribution in [0.25, 0.3) is 0 Å². The fourth-order valence-corrected chi connectivity index (χ4v) is 3.20. The Hall–Kier alpha value is -0.670. The molecular formula is C14H22N2S. The van der Waals surface area contributed by atoms with Gasteiger partial charge in [-0.1, -0.05) is 13.0 Å². The van der Waals surface area contributed by atoms with Crippen LogP contribution in [0.4, 0.5) is 5.69 Å². The molecule has 0 heterocycles. The van der Waals surface area contributed by atoms with Crippen LogP contribution in [0.3, 0.4) is 0 Å². The van der Waals surface area contributed by atoms with Gasteiger partial charge in [0.05, 0.1) is 0 Å². The SMILES string of the molecule is CCSc1cccc(N(C)C2CCC2)c1CN. The second kappa shape index (κ2) is 5.78. The first-order chi connectivity index (χ1) is 8.27. The number of rotatable bonds is 5. The lowest BCUT2D eigenvalue weighted by molar-refractivity contribution is 0.400. The molecule has 2 rings (SSSR count). The first-order valence-corrected chi connectivity index (χ1v) is 7.44. The summed E-state index contributed by atoms with van der Waals surface area (Å²) in [5.74, 6) is 1.10. The Kier molecular flexibility index (Phi) is 4.35. The van der Waals surface area contributed by atoms with E-state index in [4.69, 9.17) is 5.73 Å². The summed E-state index contributed by atoms with van der Waals surface area (Å²) in [5.41, 5.74) is 8.58. The average Bonchev–Trinajstić information content (AvgIpc) is 2.26. The molecule has 1 aromatic rings. The van der Waals surface area contributed by atoms with Gasteiger partial charge in [-0.3, -0.25) is 0 Å². The largest absolute Gasteiger partial charge is 0.371 e. The molecule has 0 spiro atoms. The standard InChI is InChI=1S/C14H22N2S/c1-3-17-14-9-5-8-13(12(14)10-15)16(2)11-6-4-7-11/h5,8-9,11H,3-4,6-7,10,15H2,1-2H3. The molecule has 0 aromatic heterocycles. The predicted octanol–water partition coefficient (Wildman–Crippen LogP) is 3.25. The number of hydrogen-bond acceptors (Lipinski definition) is 3. The van der Waals surface area contributed by atoms with Gasteiger partial charge in [-0.15, -0.1) is 11.8 Å². The minimum absolute atomic E-state index is 0.634. The van der Waals surface area contributed by atoms with Crippen molar-refractivity contribution >= 4 is 17.4 Å². The van der Waals surface area contributed by atoms with Crippen molar-refractivity contribution < 1.29 is 0 Å². The lowest BCUT2D eigenvalue weighted by Gasteiger charge is -2.37. The molecule has 1 fully saturated rings. The highest BCUT2D eigenvalue weighted by molar-refractivity contribution is 7.99. The molecule has 2 N–H and O–H groups in total. The first-order valence-electron chi connectivity index (χ1n) is 6.45. The van der Waals surface area contributed by atoms with Crippen molar-refractivity contribution in [3.8, 4) is 0 Å². The normalized spacial score (nSPS) is 15.7. The second-order valence-corrected chi connectivity index (χ2v) is 5.89. The summed E-state index contributed by atoms with van der Waals surface area (Å²) in [7, 11) is 2.21. The average molecular weight is 250 g/mol. The van der Waals surface area contributed by atoms with Gasteiger partial charge in [-0.25, -0.2) is 0 Å². The Morgan fingerprint density at radius 2 is 2.18 bits per heavy atom. The van der Waals surface area contributed by atoms with Crippen LogP contribution in [0.1, 0.15) is 31.7 Å². The summed E-state index contributed by atoms with van der Waals surface area (Å²) in [6, 6.07) is 7.28. The molecule has 0 saturated heterocycles. The Labute approximate surface area is 109 Å². The van der Waals surface area contributed by atoms with E-state index in [0.29, 0.717) is 6.54 Å². The number of thioether (sulfide) groups is 1. The topological polar surface area (TPSA) is 29.3 Å². The van der Waals surface area contributed by atoms with Crippen molar-refractivity contribution in [2.75, 3.05) is 17.7 Å². The van der Waals surface area contributed by atoms with Crippen molar-refractivity contribution in [3.63, 3.8) is 0 Å². The quantitative estimate of drug-likeness (QED) is 0.813. The molecule has 94 valence electrons. The smallest absolute Gasteiger partial charge is 0.0422 e. The van der Waals surface area contributed by atoms with Gasteiger partial charge in [0.2, 0.25) is 0 Å². The van der Waals surface area contributed by atoms with Gasteiger partial charge in [0.15, 0.2) is 0 Å². The van der Waals surface area contributed by atoms with Crippen molar-refractivity contribution in [2.45, 2.75) is 43.7 Å². The maximum Gasteiger partial charge on any atom is 0.0422 e. The van der Waals surface area contributed by atoms with Crippen molar-refractivity contribution in [1.82, 2.24) is 0 Å². The Morgan fingerprint density at radius 3 is 2.71 bits per heavy atom. The van der Waals surface area contributed by atoms with Gasteiger partial charge in [0, 0.05) is 35.8 Å². The minimum atomic E-state index is 0.634. The number of nitrogens with two attached hydrogens (primary N) is 1. The Balaban J connectivity index is 2.28. The number of nitrogens with zero attached hydrogens (tertiary/aromatic N) is 1. The van der Waals surface area contributed by atoms with Gasteiger partial charge in [0.1, 0.15) is 0 Å². The summed E-state index contributed by atoms with van der Waals surface area (Å²) >= 11 is 1.89. The molecule has 2 nitrogen and oxygen atoms in total. The number of anilines is 1. The summed E-state index contributed by atoms with van der Waals surface area (Å²) < 4.78 is 0. The van der Waals surface area contributed by atoms with Crippen molar-refractivity contribution in [3.05, 3.63) is 23.8 Å². The molecular weight excluding hydrogens is 228 g/mol. The molecule has 0 atom stereocenters. The third-order valence-electron chi connectivity index (χ3n) is 3.61. The van der Waals surface area contributed by atoms with E-state index in [1.807, 2.05) is 11.8 Å². The highest BCUT2D eigenvalue weighted by Crippen LogP contribution is 2.34. The van der Waals surface area contributed by atoms with E-state index in [-0.39, 0.29) is 0 Å². The first kappa shape index (κ1) is 12.8. The third kappa shape index (κ3) is 2.61. The minimum Gasteiger partial charge on any atom is -0.371 e. The lowest BCUT2D eigenvalue weighted by atomic mass is 9.91. The second-order valence-electron chi connectivity index (χ2n) is 4.59. The molecule has 0 bridgehead atoms. The fourth-order valence-electron chi connectivity index (χ4n) is 2.35. The zero-order chi connectivity index (χ0) is 12.3. The van der Waals surface area contributed by atoms with Gasteiger partial charge in [-0.05, 0) is 37.1 Å². The van der Waals surface area contributed by atoms with Gasteiger partial charge in [-0.2, -0.15) is 0 Å². The summed E-state index contributed by atoms with van der Waals surface area (Å²) in [4.78, 5) is 3.77. The van der Waals surface area contributed by atoms with E-state index in [0.717, 1.165) is 11.8 Å². The molecule has 0 amide bonds. The molecule has 1 aliphatic rings. The maximum absolute atomic E-state index is 5.94. The maximum atomic E-state index is 5.94. The molecule has 0 unspecified atom stereocenters. The van der Waals surface area contributed by atoms with E-state index < -0.39 is 0 Å². The van der Waals surface area contributed by atoms with Crippen LogP contribution in [0.2, 0.25) is 0 Å². The Morgan fingerprint density at radius 1 is 1.41 bits per heavy atom. The molecule has 1 aliphatic carbocycles. The summed E-state index contributed by atoms with van der Waals surface area (Å²) in [6.45, 7) is 2.82. The van der Waals surface area contributed by atoms with Crippen LogP contribution >= 0.6 is 11.8 Å². The lowest BCUT2D eigenvalue weighted by Crippen LogP contribution is -2.37. The number of benzene rings is 1. The molecule has 3 heteroatoms. The zero-order valence-corrected chi connectivity index (χ0v) is 11.6. The third-order valence-corrected chi connectivity index (χ3v) is 4.60. The zero-order valence-electron chi connectivity index (χ0n) is 10.8. The van der Waals surface area contributed by atoms with Crippen LogP contribution in [-0.4, -0.2) is 18.8 Å². The molecule has 17 heavy (non-hydrogen) atoms. The fraction of sp³-hybridized carbons (Fsp3) is 0.571. The van der Waals surface area contributed by atoms with E-state index >= 15 is 0 Å². The molecule has 1 aromatic carbocycles. The monoisotopic (exact) mass is 250 g/mol. The Bertz CT molecular complexity index is 374. The van der Waals surface area contributed by atoms with Crippen LogP contribution in [-0.2, 0) is 6.54 Å². The van der Waals surface area contributed by atoms with E-state index in [1.54, 1.807) is 0 Å². The van der Waals surface area contributed by atoms with Crippen LogP contribution < -0.4 is 10.6 Å². The summed E-state index contributed by atoms with van der Waals surface area (Å²) in [6.07, 6.45) is 4.02. The van der Waals surface area contributed by atoms with Crippen molar-refractivity contribution in [1.29, 1.82) is 0 Å². The highest BCUT2D eigenvalue weighted by atomic mass is 32.2. The van der Waals surface area contributed by atoms with Gasteiger partial charge >= 0.3 is 0 Å². The molecule has 1 saturated carbocycles. The van der Waals surface area contributed by atoms with E-state index in [9.17, 15) is 0 Å². The van der Waals surface area contributed by atoms with E-state index in [2.05, 4.69) is 37.1 Å². The van der Waals surface area contributed by atoms with Crippen LogP contribution in [0, 0.1) is 0 Å². The van der Waals surface area contributed by atoms with Crippen LogP contribution in [0.5, 0.6) is 0 Å². The molecule has 0 radical (unpaired) electrons. The van der Waals surface area contributed by atoms with Crippen molar-refractivity contribution in [2.24, 2.45) is 5.73 Å². The van der Waals surface area contributed by atoms with E-state index in [1.165, 1.54) is 35.4 Å². The predicted molar refractivity (Wildman–Crippen MR) is 76.8 cm³/mol. The number of hydrogen-bond donors (Lipinski definition) is 1. The molecule has 0 aliphatic heterocycles.